The minimum Gasteiger partial charge on any atom is -0.486 e. The van der Waals surface area contributed by atoms with Crippen LogP contribution in [0.25, 0.3) is 0 Å². The van der Waals surface area contributed by atoms with E-state index in [1.165, 1.54) is 22.5 Å². The quantitative estimate of drug-likeness (QED) is 0.539. The number of anilines is 1. The van der Waals surface area contributed by atoms with Gasteiger partial charge in [-0.2, -0.15) is 0 Å². The first-order valence-electron chi connectivity index (χ1n) is 10.4. The van der Waals surface area contributed by atoms with E-state index >= 15 is 0 Å². The van der Waals surface area contributed by atoms with Gasteiger partial charge in [0, 0.05) is 13.1 Å². The van der Waals surface area contributed by atoms with Crippen LogP contribution in [-0.2, 0) is 16.6 Å². The highest BCUT2D eigenvalue weighted by Crippen LogP contribution is 2.31. The topological polar surface area (TPSA) is 84.9 Å². The van der Waals surface area contributed by atoms with Gasteiger partial charge in [0.25, 0.3) is 15.9 Å². The summed E-state index contributed by atoms with van der Waals surface area (Å²) in [5, 5.41) is 2.95. The van der Waals surface area contributed by atoms with E-state index in [0.29, 0.717) is 30.4 Å². The molecule has 0 radical (unpaired) electrons. The first kappa shape index (κ1) is 22.9. The van der Waals surface area contributed by atoms with Gasteiger partial charge in [-0.25, -0.2) is 8.42 Å². The van der Waals surface area contributed by atoms with Crippen LogP contribution in [0.1, 0.15) is 22.8 Å². The molecule has 4 rings (SSSR count). The van der Waals surface area contributed by atoms with Crippen molar-refractivity contribution in [2.75, 3.05) is 24.1 Å². The maximum absolute atomic E-state index is 13.3. The highest BCUT2D eigenvalue weighted by atomic mass is 35.5. The number of nitrogens with zero attached hydrogens (tertiary/aromatic N) is 1. The number of fused-ring (bicyclic) bond motifs is 1. The van der Waals surface area contributed by atoms with Crippen molar-refractivity contribution in [3.05, 3.63) is 82.9 Å². The van der Waals surface area contributed by atoms with Crippen molar-refractivity contribution >= 4 is 33.2 Å². The predicted molar refractivity (Wildman–Crippen MR) is 127 cm³/mol. The van der Waals surface area contributed by atoms with Crippen molar-refractivity contribution < 1.29 is 22.7 Å². The van der Waals surface area contributed by atoms with Gasteiger partial charge >= 0.3 is 0 Å². The summed E-state index contributed by atoms with van der Waals surface area (Å²) >= 11 is 6.24. The van der Waals surface area contributed by atoms with E-state index in [4.69, 9.17) is 21.1 Å². The van der Waals surface area contributed by atoms with Gasteiger partial charge in [0.2, 0.25) is 0 Å². The smallest absolute Gasteiger partial charge is 0.264 e. The number of amides is 1. The number of hydrogen-bond acceptors (Lipinski definition) is 5. The van der Waals surface area contributed by atoms with E-state index in [9.17, 15) is 13.2 Å². The number of hydrogen-bond donors (Lipinski definition) is 1. The second-order valence-electron chi connectivity index (χ2n) is 7.31. The fourth-order valence-electron chi connectivity index (χ4n) is 3.53. The molecule has 33 heavy (non-hydrogen) atoms. The van der Waals surface area contributed by atoms with Gasteiger partial charge in [-0.15, -0.1) is 0 Å². The fourth-order valence-corrected chi connectivity index (χ4v) is 5.23. The van der Waals surface area contributed by atoms with Crippen molar-refractivity contribution in [2.24, 2.45) is 0 Å². The molecule has 0 fully saturated rings. The summed E-state index contributed by atoms with van der Waals surface area (Å²) in [6.07, 6.45) is 0. The molecule has 0 unspecified atom stereocenters. The highest BCUT2D eigenvalue weighted by Gasteiger charge is 2.25. The fraction of sp³-hybridized carbons (Fsp3) is 0.208. The number of para-hydroxylation sites is 1. The lowest BCUT2D eigenvalue weighted by molar-refractivity contribution is 0.0950. The van der Waals surface area contributed by atoms with Gasteiger partial charge in [0.1, 0.15) is 13.2 Å². The van der Waals surface area contributed by atoms with Crippen molar-refractivity contribution in [3.63, 3.8) is 0 Å². The van der Waals surface area contributed by atoms with Gasteiger partial charge in [-0.05, 0) is 55.0 Å². The van der Waals surface area contributed by atoms with Crippen LogP contribution < -0.4 is 19.1 Å². The number of carbonyl (C=O) groups excluding carboxylic acids is 1. The molecule has 1 amide bonds. The average molecular weight is 487 g/mol. The van der Waals surface area contributed by atoms with Crippen molar-refractivity contribution in [3.8, 4) is 11.5 Å². The van der Waals surface area contributed by atoms with Gasteiger partial charge < -0.3 is 14.8 Å². The number of carbonyl (C=O) groups is 1. The predicted octanol–water partition coefficient (Wildman–Crippen LogP) is 4.26. The van der Waals surface area contributed by atoms with E-state index in [1.807, 2.05) is 12.1 Å². The van der Waals surface area contributed by atoms with Gasteiger partial charge in [0.15, 0.2) is 11.5 Å². The monoisotopic (exact) mass is 486 g/mol. The SMILES string of the molecule is CCN(c1ccccc1)S(=O)(=O)c1ccc(Cl)c(C(=O)NCc2ccc3c(c2)OCCO3)c1. The molecule has 0 saturated heterocycles. The molecule has 1 aliphatic rings. The number of halogens is 1. The first-order valence-corrected chi connectivity index (χ1v) is 12.3. The van der Waals surface area contributed by atoms with Crippen LogP contribution in [0.5, 0.6) is 11.5 Å². The molecule has 0 bridgehead atoms. The van der Waals surface area contributed by atoms with Crippen LogP contribution in [0.4, 0.5) is 5.69 Å². The van der Waals surface area contributed by atoms with Crippen molar-refractivity contribution in [1.82, 2.24) is 5.32 Å². The summed E-state index contributed by atoms with van der Waals surface area (Å²) in [6, 6.07) is 18.4. The highest BCUT2D eigenvalue weighted by molar-refractivity contribution is 7.92. The number of sulfonamides is 1. The summed E-state index contributed by atoms with van der Waals surface area (Å²) in [7, 11) is -3.89. The Hall–Kier alpha value is -3.23. The molecule has 1 N–H and O–H groups in total. The number of benzene rings is 3. The van der Waals surface area contributed by atoms with E-state index in [1.54, 1.807) is 43.3 Å². The Kier molecular flexibility index (Phi) is 6.76. The van der Waals surface area contributed by atoms with Crippen LogP contribution in [0.2, 0.25) is 5.02 Å². The summed E-state index contributed by atoms with van der Waals surface area (Å²) < 4.78 is 38.9. The summed E-state index contributed by atoms with van der Waals surface area (Å²) in [5.74, 6) is 0.811. The lowest BCUT2D eigenvalue weighted by Gasteiger charge is -2.23. The third-order valence-electron chi connectivity index (χ3n) is 5.16. The zero-order valence-electron chi connectivity index (χ0n) is 18.0. The number of ether oxygens (including phenoxy) is 2. The van der Waals surface area contributed by atoms with Crippen LogP contribution in [0, 0.1) is 0 Å². The summed E-state index contributed by atoms with van der Waals surface area (Å²) in [6.45, 7) is 3.17. The molecular weight excluding hydrogens is 464 g/mol. The van der Waals surface area contributed by atoms with Gasteiger partial charge in [0.05, 0.1) is 21.2 Å². The molecular formula is C24H23ClN2O5S. The van der Waals surface area contributed by atoms with Crippen LogP contribution in [0.15, 0.2) is 71.6 Å². The average Bonchev–Trinajstić information content (AvgIpc) is 2.83. The Morgan fingerprint density at radius 3 is 2.45 bits per heavy atom. The molecule has 0 atom stereocenters. The largest absolute Gasteiger partial charge is 0.486 e. The van der Waals surface area contributed by atoms with Gasteiger partial charge in [-0.3, -0.25) is 9.10 Å². The minimum absolute atomic E-state index is 0.0120. The summed E-state index contributed by atoms with van der Waals surface area (Å²) in [5.41, 5.74) is 1.44. The molecule has 172 valence electrons. The third kappa shape index (κ3) is 4.91. The molecule has 0 spiro atoms. The number of rotatable bonds is 7. The van der Waals surface area contributed by atoms with Crippen molar-refractivity contribution in [1.29, 1.82) is 0 Å². The van der Waals surface area contributed by atoms with E-state index in [-0.39, 0.29) is 28.6 Å². The molecule has 0 saturated carbocycles. The Labute approximate surface area is 197 Å². The Balaban J connectivity index is 1.54. The molecule has 0 aromatic heterocycles. The maximum atomic E-state index is 13.3. The van der Waals surface area contributed by atoms with E-state index < -0.39 is 15.9 Å². The Morgan fingerprint density at radius 1 is 1.00 bits per heavy atom. The van der Waals surface area contributed by atoms with Gasteiger partial charge in [-0.1, -0.05) is 35.9 Å². The molecule has 1 heterocycles. The second-order valence-corrected chi connectivity index (χ2v) is 9.58. The van der Waals surface area contributed by atoms with Crippen molar-refractivity contribution in [2.45, 2.75) is 18.4 Å². The van der Waals surface area contributed by atoms with Crippen LogP contribution in [0.3, 0.4) is 0 Å². The van der Waals surface area contributed by atoms with Crippen LogP contribution >= 0.6 is 11.6 Å². The molecule has 7 nitrogen and oxygen atoms in total. The first-order chi connectivity index (χ1) is 15.9. The zero-order chi connectivity index (χ0) is 23.4. The molecule has 1 aliphatic heterocycles. The Morgan fingerprint density at radius 2 is 1.73 bits per heavy atom. The lowest BCUT2D eigenvalue weighted by Crippen LogP contribution is -2.31. The zero-order valence-corrected chi connectivity index (χ0v) is 19.5. The Bertz CT molecular complexity index is 1270. The lowest BCUT2D eigenvalue weighted by atomic mass is 10.1. The number of nitrogens with one attached hydrogen (secondary N) is 1. The van der Waals surface area contributed by atoms with E-state index in [2.05, 4.69) is 5.32 Å². The molecule has 0 aliphatic carbocycles. The minimum atomic E-state index is -3.89. The van der Waals surface area contributed by atoms with Crippen LogP contribution in [-0.4, -0.2) is 34.1 Å². The second kappa shape index (κ2) is 9.72. The maximum Gasteiger partial charge on any atom is 0.264 e. The molecule has 3 aromatic rings. The van der Waals surface area contributed by atoms with E-state index in [0.717, 1.165) is 5.56 Å². The standard InChI is InChI=1S/C24H23ClN2O5S/c1-2-27(18-6-4-3-5-7-18)33(29,30)19-9-10-21(25)20(15-19)24(28)26-16-17-8-11-22-23(14-17)32-13-12-31-22/h3-11,14-15H,2,12-13,16H2,1H3,(H,26,28). The molecule has 9 heteroatoms. The summed E-state index contributed by atoms with van der Waals surface area (Å²) in [4.78, 5) is 12.8. The molecule has 3 aromatic carbocycles. The third-order valence-corrected chi connectivity index (χ3v) is 7.39. The normalized spacial score (nSPS) is 12.8.